The molecule has 0 aliphatic carbocycles. The van der Waals surface area contributed by atoms with Crippen LogP contribution in [0.4, 0.5) is 0 Å². The van der Waals surface area contributed by atoms with Gasteiger partial charge >= 0.3 is 5.20 Å². The maximum atomic E-state index is 12.4. The first kappa shape index (κ1) is 39.9. The van der Waals surface area contributed by atoms with Crippen molar-refractivity contribution in [2.75, 3.05) is 11.5 Å². The van der Waals surface area contributed by atoms with E-state index in [-0.39, 0.29) is 5.56 Å². The third-order valence-corrected chi connectivity index (χ3v) is 11.6. The van der Waals surface area contributed by atoms with Crippen LogP contribution in [-0.4, -0.2) is 41.4 Å². The average molecular weight is 879 g/mol. The van der Waals surface area contributed by atoms with Crippen LogP contribution in [0.2, 0.25) is 5.15 Å². The van der Waals surface area contributed by atoms with Crippen molar-refractivity contribution in [3.8, 4) is 22.5 Å². The highest BCUT2D eigenvalue weighted by atomic mass is 36.0. The number of hydrogen-bond acceptors (Lipinski definition) is 11. The van der Waals surface area contributed by atoms with Crippen LogP contribution in [0.1, 0.15) is 25.0 Å². The number of hydrogen-bond donors (Lipinski definition) is 1. The summed E-state index contributed by atoms with van der Waals surface area (Å²) in [7, 11) is 0. The number of aromatic nitrogens is 6. The molecule has 0 aliphatic rings. The molecule has 272 valence electrons. The predicted octanol–water partition coefficient (Wildman–Crippen LogP) is 13.4. The lowest BCUT2D eigenvalue weighted by Crippen LogP contribution is -2.07. The second-order valence-electron chi connectivity index (χ2n) is 11.2. The molecule has 17 heteroatoms. The van der Waals surface area contributed by atoms with E-state index in [0.717, 1.165) is 86.5 Å². The van der Waals surface area contributed by atoms with Crippen molar-refractivity contribution >= 4 is 138 Å². The summed E-state index contributed by atoms with van der Waals surface area (Å²) in [6.45, 7) is 8.28. The molecule has 0 saturated carbocycles. The fourth-order valence-corrected chi connectivity index (χ4v) is 9.14. The lowest BCUT2D eigenvalue weighted by Gasteiger charge is -2.04. The van der Waals surface area contributed by atoms with E-state index in [9.17, 15) is 9.36 Å². The minimum atomic E-state index is -3.22. The van der Waals surface area contributed by atoms with Crippen LogP contribution in [0, 0.1) is 13.8 Å². The van der Waals surface area contributed by atoms with Crippen molar-refractivity contribution in [1.29, 1.82) is 0 Å². The Morgan fingerprint density at radius 3 is 1.66 bits per heavy atom. The molecular weight excluding hydrogens is 849 g/mol. The lowest BCUT2D eigenvalue weighted by atomic mass is 10.1. The topological polar surface area (TPSA) is 114 Å². The number of thioether (sulfide) groups is 2. The van der Waals surface area contributed by atoms with Gasteiger partial charge in [0.15, 0.2) is 15.5 Å². The second kappa shape index (κ2) is 17.4. The van der Waals surface area contributed by atoms with E-state index < -0.39 is 5.20 Å². The molecule has 0 bridgehead atoms. The SMILES string of the molecule is CCSc1nc(Cl)c2sc3nc(-c4ccccc4)cc(C)c3c2n1.CCSc1nc2c(sc3nc(-c4ccccc4)cc(C)c32)c(=O)[nH]1.O=P(Cl)(Cl)Cl. The Hall–Kier alpha value is -2.77. The Kier molecular flexibility index (Phi) is 13.1. The number of rotatable bonds is 6. The highest BCUT2D eigenvalue weighted by Gasteiger charge is 2.18. The predicted molar refractivity (Wildman–Crippen MR) is 232 cm³/mol. The van der Waals surface area contributed by atoms with Crippen LogP contribution in [0.15, 0.2) is 87.9 Å². The fraction of sp³-hybridized carbons (Fsp3) is 0.167. The van der Waals surface area contributed by atoms with Gasteiger partial charge < -0.3 is 4.98 Å². The van der Waals surface area contributed by atoms with Gasteiger partial charge in [0.1, 0.15) is 14.4 Å². The molecule has 1 N–H and O–H groups in total. The highest BCUT2D eigenvalue weighted by molar-refractivity contribution is 8.24. The summed E-state index contributed by atoms with van der Waals surface area (Å²) in [4.78, 5) is 40.5. The number of aromatic amines is 1. The molecule has 0 fully saturated rings. The molecule has 0 unspecified atom stereocenters. The third kappa shape index (κ3) is 9.55. The van der Waals surface area contributed by atoms with Crippen molar-refractivity contribution in [1.82, 2.24) is 29.9 Å². The van der Waals surface area contributed by atoms with Crippen LogP contribution >= 0.6 is 96.7 Å². The molecular formula is C36H29Cl4N6O2PS4. The summed E-state index contributed by atoms with van der Waals surface area (Å²) in [5.74, 6) is 1.78. The van der Waals surface area contributed by atoms with Gasteiger partial charge in [-0.1, -0.05) is 110 Å². The summed E-state index contributed by atoms with van der Waals surface area (Å²) < 4.78 is 11.1. The molecule has 6 aromatic heterocycles. The Morgan fingerprint density at radius 1 is 0.698 bits per heavy atom. The summed E-state index contributed by atoms with van der Waals surface area (Å²) in [5.41, 5.74) is 7.92. The maximum Gasteiger partial charge on any atom is 0.339 e. The quantitative estimate of drug-likeness (QED) is 0.0754. The number of thiophene rings is 2. The fourth-order valence-electron chi connectivity index (χ4n) is 5.49. The molecule has 0 spiro atoms. The van der Waals surface area contributed by atoms with E-state index in [1.54, 1.807) is 23.1 Å². The van der Waals surface area contributed by atoms with Gasteiger partial charge in [0.2, 0.25) is 0 Å². The normalized spacial score (nSPS) is 11.5. The van der Waals surface area contributed by atoms with Crippen LogP contribution in [0.5, 0.6) is 0 Å². The zero-order valence-corrected chi connectivity index (χ0v) is 35.7. The zero-order chi connectivity index (χ0) is 37.9. The number of benzene rings is 2. The number of aryl methyl sites for hydroxylation is 2. The first-order chi connectivity index (χ1) is 25.3. The van der Waals surface area contributed by atoms with Crippen molar-refractivity contribution in [2.24, 2.45) is 0 Å². The largest absolute Gasteiger partial charge is 0.339 e. The molecule has 0 amide bonds. The molecule has 0 aliphatic heterocycles. The maximum absolute atomic E-state index is 12.4. The van der Waals surface area contributed by atoms with Gasteiger partial charge in [0.25, 0.3) is 5.56 Å². The summed E-state index contributed by atoms with van der Waals surface area (Å²) in [5, 5.41) is 0.748. The number of halogens is 4. The summed E-state index contributed by atoms with van der Waals surface area (Å²) in [6.07, 6.45) is 0. The van der Waals surface area contributed by atoms with Crippen LogP contribution in [0.25, 0.3) is 63.4 Å². The summed E-state index contributed by atoms with van der Waals surface area (Å²) in [6, 6.07) is 24.5. The van der Waals surface area contributed by atoms with Crippen molar-refractivity contribution in [3.63, 3.8) is 0 Å². The Labute approximate surface area is 340 Å². The van der Waals surface area contributed by atoms with Crippen LogP contribution in [0.3, 0.4) is 0 Å². The van der Waals surface area contributed by atoms with E-state index in [2.05, 4.69) is 93.7 Å². The Morgan fingerprint density at radius 2 is 1.17 bits per heavy atom. The monoisotopic (exact) mass is 876 g/mol. The van der Waals surface area contributed by atoms with Crippen LogP contribution in [-0.2, 0) is 4.57 Å². The van der Waals surface area contributed by atoms with Crippen molar-refractivity contribution in [2.45, 2.75) is 38.0 Å². The van der Waals surface area contributed by atoms with Gasteiger partial charge in [-0.2, -0.15) is 0 Å². The molecule has 8 aromatic rings. The van der Waals surface area contributed by atoms with Gasteiger partial charge in [0.05, 0.1) is 27.1 Å². The van der Waals surface area contributed by atoms with E-state index in [1.807, 2.05) is 55.5 Å². The first-order valence-corrected chi connectivity index (χ1v) is 24.4. The van der Waals surface area contributed by atoms with E-state index in [1.165, 1.54) is 23.1 Å². The molecule has 8 nitrogen and oxygen atoms in total. The molecule has 53 heavy (non-hydrogen) atoms. The zero-order valence-electron chi connectivity index (χ0n) is 28.5. The molecule has 0 saturated heterocycles. The van der Waals surface area contributed by atoms with Gasteiger partial charge in [-0.15, -0.1) is 22.7 Å². The molecule has 0 atom stereocenters. The van der Waals surface area contributed by atoms with Crippen molar-refractivity contribution < 1.29 is 4.57 Å². The Bertz CT molecular complexity index is 2680. The number of fused-ring (bicyclic) bond motifs is 6. The average Bonchev–Trinajstić information content (AvgIpc) is 3.69. The molecule has 0 radical (unpaired) electrons. The van der Waals surface area contributed by atoms with Gasteiger partial charge in [-0.05, 0) is 82.3 Å². The number of nitrogens with zero attached hydrogens (tertiary/aromatic N) is 5. The number of H-pyrrole nitrogens is 1. The first-order valence-electron chi connectivity index (χ1n) is 16.0. The van der Waals surface area contributed by atoms with E-state index in [0.29, 0.717) is 15.0 Å². The van der Waals surface area contributed by atoms with Crippen molar-refractivity contribution in [3.05, 3.63) is 99.4 Å². The van der Waals surface area contributed by atoms with Gasteiger partial charge in [0, 0.05) is 21.9 Å². The smallest absolute Gasteiger partial charge is 0.300 e. The number of nitrogens with one attached hydrogen (secondary N) is 1. The molecule has 2 aromatic carbocycles. The van der Waals surface area contributed by atoms with Gasteiger partial charge in [-0.25, -0.2) is 24.9 Å². The summed E-state index contributed by atoms with van der Waals surface area (Å²) >= 11 is 26.4. The van der Waals surface area contributed by atoms with E-state index >= 15 is 0 Å². The minimum absolute atomic E-state index is 0.0837. The molecule has 8 rings (SSSR count). The Balaban J connectivity index is 0.000000161. The van der Waals surface area contributed by atoms with E-state index in [4.69, 9.17) is 26.6 Å². The van der Waals surface area contributed by atoms with Crippen LogP contribution < -0.4 is 5.56 Å². The molecule has 6 heterocycles. The third-order valence-electron chi connectivity index (χ3n) is 7.59. The standard InChI is InChI=1S/C18H14ClN3S2.C18H15N3OS2.Cl3OP/c1-3-23-18-21-14-13-10(2)9-12(11-7-5-4-6-8-11)20-17(13)24-15(14)16(19)22-18;1-3-23-18-20-14-13-10(2)9-12(11-7-5-4-6-8-11)19-17(13)24-15(14)16(22)21-18;1-5(2,3)4/h4-9H,3H2,1-2H3;4-9H,3H2,1-2H3,(H,20,21,22);. The number of pyridine rings is 2. The lowest BCUT2D eigenvalue weighted by molar-refractivity contribution is 0.600. The minimum Gasteiger partial charge on any atom is -0.300 e. The highest BCUT2D eigenvalue weighted by Crippen LogP contribution is 2.61. The second-order valence-corrected chi connectivity index (χ2v) is 22.7. The van der Waals surface area contributed by atoms with Gasteiger partial charge in [-0.3, -0.25) is 9.36 Å².